The first-order chi connectivity index (χ1) is 12.4. The van der Waals surface area contributed by atoms with Gasteiger partial charge >= 0.3 is 0 Å². The fourth-order valence-electron chi connectivity index (χ4n) is 2.99. The Hall–Kier alpha value is -2.54. The van der Waals surface area contributed by atoms with Gasteiger partial charge < -0.3 is 9.64 Å². The summed E-state index contributed by atoms with van der Waals surface area (Å²) >= 11 is 0. The number of amides is 1. The summed E-state index contributed by atoms with van der Waals surface area (Å²) in [6.45, 7) is 2.66. The Bertz CT molecular complexity index is 908. The van der Waals surface area contributed by atoms with Gasteiger partial charge in [-0.2, -0.15) is 0 Å². The third kappa shape index (κ3) is 3.67. The molecule has 1 fully saturated rings. The van der Waals surface area contributed by atoms with E-state index >= 15 is 0 Å². The quantitative estimate of drug-likeness (QED) is 0.843. The van der Waals surface area contributed by atoms with Crippen LogP contribution < -0.4 is 14.4 Å². The third-order valence-electron chi connectivity index (χ3n) is 4.44. The Morgan fingerprint density at radius 1 is 1.15 bits per heavy atom. The van der Waals surface area contributed by atoms with E-state index in [2.05, 4.69) is 4.72 Å². The fourth-order valence-corrected chi connectivity index (χ4v) is 4.03. The van der Waals surface area contributed by atoms with E-state index in [9.17, 15) is 13.2 Å². The first-order valence-electron chi connectivity index (χ1n) is 8.55. The van der Waals surface area contributed by atoms with Crippen molar-refractivity contribution in [2.75, 3.05) is 23.3 Å². The molecule has 1 saturated heterocycles. The van der Waals surface area contributed by atoms with Gasteiger partial charge in [-0.15, -0.1) is 0 Å². The summed E-state index contributed by atoms with van der Waals surface area (Å²) in [4.78, 5) is 13.8. The maximum atomic E-state index is 12.6. The lowest BCUT2D eigenvalue weighted by atomic mass is 10.2. The van der Waals surface area contributed by atoms with Crippen LogP contribution in [-0.4, -0.2) is 28.0 Å². The van der Waals surface area contributed by atoms with Crippen molar-refractivity contribution >= 4 is 27.3 Å². The summed E-state index contributed by atoms with van der Waals surface area (Å²) in [5.74, 6) is 0.509. The number of hydrogen-bond donors (Lipinski definition) is 1. The SMILES string of the molecule is CCc1ccc(S(=O)(=O)Nc2ccc(N3CCCC3=O)c(OC)c2)cc1. The normalized spacial score (nSPS) is 14.5. The number of aryl methyl sites for hydroxylation is 1. The number of nitrogens with zero attached hydrogens (tertiary/aromatic N) is 1. The van der Waals surface area contributed by atoms with Crippen molar-refractivity contribution in [3.8, 4) is 5.75 Å². The fraction of sp³-hybridized carbons (Fsp3) is 0.316. The first-order valence-corrected chi connectivity index (χ1v) is 10.0. The van der Waals surface area contributed by atoms with Crippen LogP contribution in [-0.2, 0) is 21.2 Å². The molecule has 0 spiro atoms. The number of sulfonamides is 1. The Balaban J connectivity index is 1.86. The predicted molar refractivity (Wildman–Crippen MR) is 101 cm³/mol. The average Bonchev–Trinajstić information content (AvgIpc) is 3.07. The predicted octanol–water partition coefficient (Wildman–Crippen LogP) is 3.19. The Labute approximate surface area is 153 Å². The van der Waals surface area contributed by atoms with Crippen LogP contribution >= 0.6 is 0 Å². The summed E-state index contributed by atoms with van der Waals surface area (Å²) in [5, 5.41) is 0. The standard InChI is InChI=1S/C19H22N2O4S/c1-3-14-6-9-16(10-7-14)26(23,24)20-15-8-11-17(18(13-15)25-2)21-12-4-5-19(21)22/h6-11,13,20H,3-5,12H2,1-2H3. The molecule has 3 rings (SSSR count). The van der Waals surface area contributed by atoms with Gasteiger partial charge in [-0.05, 0) is 42.7 Å². The lowest BCUT2D eigenvalue weighted by molar-refractivity contribution is -0.117. The van der Waals surface area contributed by atoms with E-state index in [0.717, 1.165) is 18.4 Å². The highest BCUT2D eigenvalue weighted by atomic mass is 32.2. The van der Waals surface area contributed by atoms with Gasteiger partial charge in [0.1, 0.15) is 5.75 Å². The van der Waals surface area contributed by atoms with Gasteiger partial charge in [-0.1, -0.05) is 19.1 Å². The van der Waals surface area contributed by atoms with Gasteiger partial charge in [-0.3, -0.25) is 9.52 Å². The second-order valence-corrected chi connectivity index (χ2v) is 7.82. The molecule has 1 heterocycles. The molecule has 0 atom stereocenters. The van der Waals surface area contributed by atoms with E-state index in [1.165, 1.54) is 7.11 Å². The number of ether oxygens (including phenoxy) is 1. The molecule has 0 radical (unpaired) electrons. The minimum Gasteiger partial charge on any atom is -0.494 e. The summed E-state index contributed by atoms with van der Waals surface area (Å²) in [5.41, 5.74) is 2.12. The third-order valence-corrected chi connectivity index (χ3v) is 5.84. The molecule has 26 heavy (non-hydrogen) atoms. The Morgan fingerprint density at radius 3 is 2.46 bits per heavy atom. The van der Waals surface area contributed by atoms with E-state index < -0.39 is 10.0 Å². The zero-order valence-electron chi connectivity index (χ0n) is 14.9. The summed E-state index contributed by atoms with van der Waals surface area (Å²) in [6, 6.07) is 11.7. The van der Waals surface area contributed by atoms with E-state index in [1.54, 1.807) is 47.4 Å². The maximum Gasteiger partial charge on any atom is 0.261 e. The minimum absolute atomic E-state index is 0.0487. The number of rotatable bonds is 6. The largest absolute Gasteiger partial charge is 0.494 e. The molecule has 0 bridgehead atoms. The minimum atomic E-state index is -3.69. The van der Waals surface area contributed by atoms with E-state index in [4.69, 9.17) is 4.74 Å². The number of benzene rings is 2. The molecule has 0 aliphatic carbocycles. The second kappa shape index (κ2) is 7.37. The van der Waals surface area contributed by atoms with E-state index in [0.29, 0.717) is 30.1 Å². The maximum absolute atomic E-state index is 12.6. The number of hydrogen-bond acceptors (Lipinski definition) is 4. The van der Waals surface area contributed by atoms with Crippen LogP contribution in [0, 0.1) is 0 Å². The van der Waals surface area contributed by atoms with Crippen molar-refractivity contribution in [3.05, 3.63) is 48.0 Å². The summed E-state index contributed by atoms with van der Waals surface area (Å²) in [6.07, 6.45) is 2.18. The van der Waals surface area contributed by atoms with Crippen LogP contribution in [0.5, 0.6) is 5.75 Å². The van der Waals surface area contributed by atoms with Gasteiger partial charge in [0.15, 0.2) is 0 Å². The van der Waals surface area contributed by atoms with Crippen LogP contribution in [0.15, 0.2) is 47.4 Å². The number of carbonyl (C=O) groups excluding carboxylic acids is 1. The van der Waals surface area contributed by atoms with Crippen molar-refractivity contribution in [3.63, 3.8) is 0 Å². The smallest absolute Gasteiger partial charge is 0.261 e. The molecule has 6 nitrogen and oxygen atoms in total. The molecule has 1 aliphatic heterocycles. The highest BCUT2D eigenvalue weighted by Gasteiger charge is 2.25. The molecule has 0 unspecified atom stereocenters. The van der Waals surface area contributed by atoms with E-state index in [-0.39, 0.29) is 10.8 Å². The summed E-state index contributed by atoms with van der Waals surface area (Å²) < 4.78 is 33.1. The van der Waals surface area contributed by atoms with Gasteiger partial charge in [0.25, 0.3) is 10.0 Å². The highest BCUT2D eigenvalue weighted by molar-refractivity contribution is 7.92. The van der Waals surface area contributed by atoms with Crippen molar-refractivity contribution in [2.45, 2.75) is 31.1 Å². The molecule has 0 aromatic heterocycles. The lowest BCUT2D eigenvalue weighted by Gasteiger charge is -2.20. The van der Waals surface area contributed by atoms with E-state index in [1.807, 2.05) is 6.92 Å². The van der Waals surface area contributed by atoms with Gasteiger partial charge in [0.2, 0.25) is 5.91 Å². The van der Waals surface area contributed by atoms with Crippen molar-refractivity contribution < 1.29 is 17.9 Å². The van der Waals surface area contributed by atoms with Crippen molar-refractivity contribution in [2.24, 2.45) is 0 Å². The van der Waals surface area contributed by atoms with Crippen LogP contribution in [0.3, 0.4) is 0 Å². The number of anilines is 2. The topological polar surface area (TPSA) is 75.7 Å². The highest BCUT2D eigenvalue weighted by Crippen LogP contribution is 2.34. The van der Waals surface area contributed by atoms with Crippen LogP contribution in [0.25, 0.3) is 0 Å². The van der Waals surface area contributed by atoms with Crippen molar-refractivity contribution in [1.82, 2.24) is 0 Å². The molecule has 1 amide bonds. The average molecular weight is 374 g/mol. The molecule has 1 aliphatic rings. The van der Waals surface area contributed by atoms with Crippen molar-refractivity contribution in [1.29, 1.82) is 0 Å². The summed E-state index contributed by atoms with van der Waals surface area (Å²) in [7, 11) is -2.19. The zero-order valence-corrected chi connectivity index (χ0v) is 15.7. The molecular weight excluding hydrogens is 352 g/mol. The van der Waals surface area contributed by atoms with Crippen LogP contribution in [0.2, 0.25) is 0 Å². The molecule has 0 saturated carbocycles. The number of nitrogens with one attached hydrogen (secondary N) is 1. The Kier molecular flexibility index (Phi) is 5.18. The molecule has 1 N–H and O–H groups in total. The lowest BCUT2D eigenvalue weighted by Crippen LogP contribution is -2.24. The first kappa shape index (κ1) is 18.3. The molecule has 2 aromatic rings. The van der Waals surface area contributed by atoms with Gasteiger partial charge in [-0.25, -0.2) is 8.42 Å². The number of methoxy groups -OCH3 is 1. The molecular formula is C19H22N2O4S. The van der Waals surface area contributed by atoms with Gasteiger partial charge in [0.05, 0.1) is 23.4 Å². The monoisotopic (exact) mass is 374 g/mol. The van der Waals surface area contributed by atoms with Crippen LogP contribution in [0.4, 0.5) is 11.4 Å². The zero-order chi connectivity index (χ0) is 18.7. The molecule has 138 valence electrons. The Morgan fingerprint density at radius 2 is 1.88 bits per heavy atom. The van der Waals surface area contributed by atoms with Crippen LogP contribution in [0.1, 0.15) is 25.3 Å². The second-order valence-electron chi connectivity index (χ2n) is 6.14. The number of carbonyl (C=O) groups is 1. The molecule has 2 aromatic carbocycles. The van der Waals surface area contributed by atoms with Gasteiger partial charge in [0, 0.05) is 19.0 Å². The molecule has 7 heteroatoms.